The standard InChI is InChI=1S/C16H16FNO2/c1-11(12-6-8-15(20-2)9-7-12)18-16(19)13-4-3-5-14(17)10-13/h3-11H,1-2H3,(H,18,19)/t11-/m0/s1. The Bertz CT molecular complexity index is 596. The second-order valence-corrected chi connectivity index (χ2v) is 4.48. The maximum absolute atomic E-state index is 13.1. The number of benzene rings is 2. The Morgan fingerprint density at radius 1 is 1.20 bits per heavy atom. The molecule has 1 atom stereocenters. The fourth-order valence-corrected chi connectivity index (χ4v) is 1.89. The van der Waals surface area contributed by atoms with Crippen LogP contribution in [0.25, 0.3) is 0 Å². The molecule has 0 aliphatic rings. The fraction of sp³-hybridized carbons (Fsp3) is 0.188. The Hall–Kier alpha value is -2.36. The van der Waals surface area contributed by atoms with Crippen molar-refractivity contribution in [1.82, 2.24) is 5.32 Å². The second-order valence-electron chi connectivity index (χ2n) is 4.48. The van der Waals surface area contributed by atoms with Gasteiger partial charge in [0, 0.05) is 5.56 Å². The maximum atomic E-state index is 13.1. The molecule has 2 aromatic carbocycles. The molecule has 104 valence electrons. The lowest BCUT2D eigenvalue weighted by Gasteiger charge is -2.14. The molecule has 0 heterocycles. The van der Waals surface area contributed by atoms with Gasteiger partial charge in [0.1, 0.15) is 11.6 Å². The molecule has 2 aromatic rings. The molecule has 0 aliphatic carbocycles. The minimum Gasteiger partial charge on any atom is -0.497 e. The smallest absolute Gasteiger partial charge is 0.251 e. The Morgan fingerprint density at radius 3 is 2.50 bits per heavy atom. The van der Waals surface area contributed by atoms with Crippen molar-refractivity contribution in [3.05, 3.63) is 65.5 Å². The van der Waals surface area contributed by atoms with E-state index in [1.54, 1.807) is 13.2 Å². The van der Waals surface area contributed by atoms with Crippen LogP contribution >= 0.6 is 0 Å². The molecule has 0 radical (unpaired) electrons. The van der Waals surface area contributed by atoms with Gasteiger partial charge in [0.05, 0.1) is 13.2 Å². The zero-order chi connectivity index (χ0) is 14.5. The number of ether oxygens (including phenoxy) is 1. The van der Waals surface area contributed by atoms with Crippen molar-refractivity contribution in [2.24, 2.45) is 0 Å². The average Bonchev–Trinajstić information content (AvgIpc) is 2.47. The number of hydrogen-bond donors (Lipinski definition) is 1. The van der Waals surface area contributed by atoms with Gasteiger partial charge in [0.2, 0.25) is 0 Å². The van der Waals surface area contributed by atoms with E-state index in [9.17, 15) is 9.18 Å². The summed E-state index contributed by atoms with van der Waals surface area (Å²) >= 11 is 0. The van der Waals surface area contributed by atoms with Gasteiger partial charge in [-0.25, -0.2) is 4.39 Å². The molecule has 20 heavy (non-hydrogen) atoms. The van der Waals surface area contributed by atoms with Gasteiger partial charge in [-0.05, 0) is 42.8 Å². The van der Waals surface area contributed by atoms with E-state index in [1.807, 2.05) is 31.2 Å². The minimum absolute atomic E-state index is 0.170. The van der Waals surface area contributed by atoms with E-state index in [0.717, 1.165) is 11.3 Å². The summed E-state index contributed by atoms with van der Waals surface area (Å²) in [6.07, 6.45) is 0. The molecule has 0 aromatic heterocycles. The van der Waals surface area contributed by atoms with Gasteiger partial charge in [-0.1, -0.05) is 18.2 Å². The van der Waals surface area contributed by atoms with Crippen molar-refractivity contribution >= 4 is 5.91 Å². The summed E-state index contributed by atoms with van der Waals surface area (Å²) < 4.78 is 18.2. The Balaban J connectivity index is 2.06. The largest absolute Gasteiger partial charge is 0.497 e. The predicted molar refractivity (Wildman–Crippen MR) is 75.3 cm³/mol. The number of hydrogen-bond acceptors (Lipinski definition) is 2. The van der Waals surface area contributed by atoms with Crippen molar-refractivity contribution in [2.45, 2.75) is 13.0 Å². The van der Waals surface area contributed by atoms with Gasteiger partial charge in [-0.3, -0.25) is 4.79 Å². The third kappa shape index (κ3) is 3.35. The summed E-state index contributed by atoms with van der Waals surface area (Å²) in [5.41, 5.74) is 1.26. The van der Waals surface area contributed by atoms with E-state index in [4.69, 9.17) is 4.74 Å². The SMILES string of the molecule is COc1ccc([C@H](C)NC(=O)c2cccc(F)c2)cc1. The van der Waals surface area contributed by atoms with E-state index in [2.05, 4.69) is 5.32 Å². The highest BCUT2D eigenvalue weighted by Gasteiger charge is 2.11. The lowest BCUT2D eigenvalue weighted by Crippen LogP contribution is -2.26. The number of rotatable bonds is 4. The molecule has 0 spiro atoms. The number of methoxy groups -OCH3 is 1. The zero-order valence-electron chi connectivity index (χ0n) is 11.4. The zero-order valence-corrected chi connectivity index (χ0v) is 11.4. The third-order valence-corrected chi connectivity index (χ3v) is 3.05. The summed E-state index contributed by atoms with van der Waals surface area (Å²) in [4.78, 5) is 12.0. The minimum atomic E-state index is -0.422. The number of nitrogens with one attached hydrogen (secondary N) is 1. The highest BCUT2D eigenvalue weighted by Crippen LogP contribution is 2.17. The molecule has 1 N–H and O–H groups in total. The lowest BCUT2D eigenvalue weighted by molar-refractivity contribution is 0.0939. The predicted octanol–water partition coefficient (Wildman–Crippen LogP) is 3.33. The van der Waals surface area contributed by atoms with Gasteiger partial charge in [-0.15, -0.1) is 0 Å². The van der Waals surface area contributed by atoms with Gasteiger partial charge in [-0.2, -0.15) is 0 Å². The van der Waals surface area contributed by atoms with Crippen LogP contribution in [-0.2, 0) is 0 Å². The third-order valence-electron chi connectivity index (χ3n) is 3.05. The van der Waals surface area contributed by atoms with Crippen LogP contribution in [0.15, 0.2) is 48.5 Å². The van der Waals surface area contributed by atoms with Crippen molar-refractivity contribution in [3.63, 3.8) is 0 Å². The average molecular weight is 273 g/mol. The molecule has 0 saturated heterocycles. The van der Waals surface area contributed by atoms with Gasteiger partial charge in [0.15, 0.2) is 0 Å². The first-order chi connectivity index (χ1) is 9.60. The highest BCUT2D eigenvalue weighted by molar-refractivity contribution is 5.94. The van der Waals surface area contributed by atoms with Crippen LogP contribution in [0.3, 0.4) is 0 Å². The topological polar surface area (TPSA) is 38.3 Å². The quantitative estimate of drug-likeness (QED) is 0.928. The maximum Gasteiger partial charge on any atom is 0.251 e. The van der Waals surface area contributed by atoms with Crippen molar-refractivity contribution in [2.75, 3.05) is 7.11 Å². The first-order valence-corrected chi connectivity index (χ1v) is 6.30. The van der Waals surface area contributed by atoms with Crippen LogP contribution in [-0.4, -0.2) is 13.0 Å². The molecule has 1 amide bonds. The van der Waals surface area contributed by atoms with Crippen molar-refractivity contribution in [3.8, 4) is 5.75 Å². The Kier molecular flexibility index (Phi) is 4.35. The van der Waals surface area contributed by atoms with Crippen molar-refractivity contribution in [1.29, 1.82) is 0 Å². The monoisotopic (exact) mass is 273 g/mol. The van der Waals surface area contributed by atoms with E-state index >= 15 is 0 Å². The number of carbonyl (C=O) groups excluding carboxylic acids is 1. The van der Waals surface area contributed by atoms with E-state index in [1.165, 1.54) is 18.2 Å². The second kappa shape index (κ2) is 6.19. The van der Waals surface area contributed by atoms with Gasteiger partial charge in [0.25, 0.3) is 5.91 Å². The van der Waals surface area contributed by atoms with E-state index < -0.39 is 5.82 Å². The molecular weight excluding hydrogens is 257 g/mol. The van der Waals surface area contributed by atoms with Gasteiger partial charge < -0.3 is 10.1 Å². The van der Waals surface area contributed by atoms with E-state index in [-0.39, 0.29) is 11.9 Å². The van der Waals surface area contributed by atoms with E-state index in [0.29, 0.717) is 5.56 Å². The normalized spacial score (nSPS) is 11.8. The van der Waals surface area contributed by atoms with Crippen LogP contribution < -0.4 is 10.1 Å². The van der Waals surface area contributed by atoms with Crippen LogP contribution in [0.5, 0.6) is 5.75 Å². The molecule has 0 saturated carbocycles. The highest BCUT2D eigenvalue weighted by atomic mass is 19.1. The van der Waals surface area contributed by atoms with Gasteiger partial charge >= 0.3 is 0 Å². The fourth-order valence-electron chi connectivity index (χ4n) is 1.89. The number of carbonyl (C=O) groups is 1. The van der Waals surface area contributed by atoms with Crippen LogP contribution in [0.4, 0.5) is 4.39 Å². The summed E-state index contributed by atoms with van der Waals surface area (Å²) in [7, 11) is 1.60. The molecule has 4 heteroatoms. The summed E-state index contributed by atoms with van der Waals surface area (Å²) in [5, 5.41) is 2.83. The number of amides is 1. The Morgan fingerprint density at radius 2 is 1.90 bits per heavy atom. The lowest BCUT2D eigenvalue weighted by atomic mass is 10.1. The molecule has 0 aliphatic heterocycles. The van der Waals surface area contributed by atoms with Crippen LogP contribution in [0.1, 0.15) is 28.9 Å². The first-order valence-electron chi connectivity index (χ1n) is 6.30. The molecule has 0 unspecified atom stereocenters. The van der Waals surface area contributed by atoms with Crippen LogP contribution in [0, 0.1) is 5.82 Å². The van der Waals surface area contributed by atoms with Crippen molar-refractivity contribution < 1.29 is 13.9 Å². The molecule has 3 nitrogen and oxygen atoms in total. The Labute approximate surface area is 117 Å². The molecule has 2 rings (SSSR count). The number of halogens is 1. The molecule has 0 bridgehead atoms. The molecular formula is C16H16FNO2. The van der Waals surface area contributed by atoms with Crippen LogP contribution in [0.2, 0.25) is 0 Å². The summed E-state index contributed by atoms with van der Waals surface area (Å²) in [6.45, 7) is 1.87. The molecule has 0 fully saturated rings. The summed E-state index contributed by atoms with van der Waals surface area (Å²) in [5.74, 6) is 0.0416. The first kappa shape index (κ1) is 14.1. The summed E-state index contributed by atoms with van der Waals surface area (Å²) in [6, 6.07) is 12.9.